The van der Waals surface area contributed by atoms with Crippen molar-refractivity contribution in [2.45, 2.75) is 13.2 Å². The monoisotopic (exact) mass is 290 g/mol. The lowest BCUT2D eigenvalue weighted by atomic mass is 10.2. The van der Waals surface area contributed by atoms with E-state index in [1.165, 1.54) is 6.07 Å². The second-order valence-electron chi connectivity index (χ2n) is 4.54. The van der Waals surface area contributed by atoms with Crippen molar-refractivity contribution in [3.05, 3.63) is 59.7 Å². The maximum Gasteiger partial charge on any atom is 0.165 e. The normalized spacial score (nSPS) is 10.6. The fraction of sp³-hybridized carbons (Fsp3) is 0.312. The van der Waals surface area contributed by atoms with Gasteiger partial charge < -0.3 is 14.8 Å². The number of nitrogens with one attached hydrogen (secondary N) is 1. The van der Waals surface area contributed by atoms with Crippen LogP contribution in [0.4, 0.5) is 4.39 Å². The van der Waals surface area contributed by atoms with Gasteiger partial charge in [-0.05, 0) is 29.8 Å². The first-order valence-corrected chi connectivity index (χ1v) is 6.80. The Hall–Kier alpha value is -1.98. The Kier molecular flexibility index (Phi) is 6.12. The van der Waals surface area contributed by atoms with Crippen LogP contribution in [-0.2, 0) is 17.9 Å². The Balaban J connectivity index is 1.87. The van der Waals surface area contributed by atoms with E-state index in [1.807, 2.05) is 24.3 Å². The third kappa shape index (κ3) is 5.13. The van der Waals surface area contributed by atoms with E-state index in [1.54, 1.807) is 19.4 Å². The molecule has 0 amide bonds. The quantitative estimate of drug-likeness (QED) is 0.759. The first-order chi connectivity index (χ1) is 10.3. The lowest BCUT2D eigenvalue weighted by Crippen LogP contribution is -2.18. The van der Waals surface area contributed by atoms with Gasteiger partial charge in [0.05, 0.1) is 12.3 Å². The zero-order valence-electron chi connectivity index (χ0n) is 12.0. The molecule has 5 heteroatoms. The van der Waals surface area contributed by atoms with Gasteiger partial charge >= 0.3 is 0 Å². The summed E-state index contributed by atoms with van der Waals surface area (Å²) in [6.07, 6.45) is 1.68. The molecule has 0 bridgehead atoms. The van der Waals surface area contributed by atoms with E-state index in [0.717, 1.165) is 17.8 Å². The van der Waals surface area contributed by atoms with Crippen molar-refractivity contribution >= 4 is 0 Å². The van der Waals surface area contributed by atoms with E-state index in [4.69, 9.17) is 9.47 Å². The van der Waals surface area contributed by atoms with Crippen molar-refractivity contribution in [1.82, 2.24) is 10.3 Å². The number of hydrogen-bond donors (Lipinski definition) is 1. The van der Waals surface area contributed by atoms with Gasteiger partial charge in [0.15, 0.2) is 11.6 Å². The molecule has 1 heterocycles. The van der Waals surface area contributed by atoms with Crippen molar-refractivity contribution in [2.75, 3.05) is 20.3 Å². The molecule has 0 saturated heterocycles. The molecule has 1 N–H and O–H groups in total. The Bertz CT molecular complexity index is 549. The van der Waals surface area contributed by atoms with Crippen LogP contribution in [-0.4, -0.2) is 25.2 Å². The van der Waals surface area contributed by atoms with Gasteiger partial charge in [-0.15, -0.1) is 0 Å². The summed E-state index contributed by atoms with van der Waals surface area (Å²) in [4.78, 5) is 4.13. The molecule has 21 heavy (non-hydrogen) atoms. The summed E-state index contributed by atoms with van der Waals surface area (Å²) in [6.45, 7) is 2.22. The Labute approximate surface area is 123 Å². The molecule has 0 aliphatic carbocycles. The van der Waals surface area contributed by atoms with Crippen LogP contribution < -0.4 is 10.1 Å². The summed E-state index contributed by atoms with van der Waals surface area (Å²) in [5.41, 5.74) is 1.64. The lowest BCUT2D eigenvalue weighted by molar-refractivity contribution is 0.199. The van der Waals surface area contributed by atoms with Gasteiger partial charge in [-0.1, -0.05) is 12.1 Å². The van der Waals surface area contributed by atoms with Crippen LogP contribution >= 0.6 is 0 Å². The second kappa shape index (κ2) is 8.34. The highest BCUT2D eigenvalue weighted by Crippen LogP contribution is 2.19. The van der Waals surface area contributed by atoms with Crippen LogP contribution in [0.15, 0.2) is 42.6 Å². The summed E-state index contributed by atoms with van der Waals surface area (Å²) in [6, 6.07) is 10.5. The van der Waals surface area contributed by atoms with E-state index >= 15 is 0 Å². The number of ether oxygens (including phenoxy) is 2. The molecule has 1 aromatic heterocycles. The van der Waals surface area contributed by atoms with Crippen LogP contribution in [0.2, 0.25) is 0 Å². The highest BCUT2D eigenvalue weighted by Gasteiger charge is 2.05. The fourth-order valence-corrected chi connectivity index (χ4v) is 1.81. The number of aromatic nitrogens is 1. The van der Waals surface area contributed by atoms with Crippen molar-refractivity contribution in [3.63, 3.8) is 0 Å². The largest absolute Gasteiger partial charge is 0.484 e. The zero-order chi connectivity index (χ0) is 14.9. The summed E-state index contributed by atoms with van der Waals surface area (Å²) in [5, 5.41) is 3.16. The summed E-state index contributed by atoms with van der Waals surface area (Å²) < 4.78 is 24.3. The minimum atomic E-state index is -0.364. The molecule has 0 fully saturated rings. The zero-order valence-corrected chi connectivity index (χ0v) is 12.0. The van der Waals surface area contributed by atoms with E-state index in [-0.39, 0.29) is 18.2 Å². The summed E-state index contributed by atoms with van der Waals surface area (Å²) in [5.74, 6) is -0.127. The molecule has 2 aromatic rings. The molecule has 0 radical (unpaired) electrons. The molecule has 1 aromatic carbocycles. The number of benzene rings is 1. The SMILES string of the molecule is COCCNCc1ccc(OCc2ccccn2)c(F)c1. The minimum absolute atomic E-state index is 0.237. The third-order valence-corrected chi connectivity index (χ3v) is 2.91. The highest BCUT2D eigenvalue weighted by molar-refractivity contribution is 5.29. The van der Waals surface area contributed by atoms with Gasteiger partial charge in [-0.25, -0.2) is 4.39 Å². The number of rotatable bonds is 8. The number of methoxy groups -OCH3 is 1. The van der Waals surface area contributed by atoms with Crippen LogP contribution in [0.25, 0.3) is 0 Å². The number of hydrogen-bond acceptors (Lipinski definition) is 4. The van der Waals surface area contributed by atoms with Crippen molar-refractivity contribution in [1.29, 1.82) is 0 Å². The predicted molar refractivity (Wildman–Crippen MR) is 78.6 cm³/mol. The third-order valence-electron chi connectivity index (χ3n) is 2.91. The van der Waals surface area contributed by atoms with Crippen molar-refractivity contribution in [3.8, 4) is 5.75 Å². The van der Waals surface area contributed by atoms with Gasteiger partial charge in [0.2, 0.25) is 0 Å². The lowest BCUT2D eigenvalue weighted by Gasteiger charge is -2.09. The fourth-order valence-electron chi connectivity index (χ4n) is 1.81. The molecule has 2 rings (SSSR count). The Morgan fingerprint density at radius 2 is 2.14 bits per heavy atom. The van der Waals surface area contributed by atoms with E-state index in [2.05, 4.69) is 10.3 Å². The number of pyridine rings is 1. The molecule has 0 aliphatic rings. The molecule has 0 spiro atoms. The minimum Gasteiger partial charge on any atom is -0.484 e. The van der Waals surface area contributed by atoms with Crippen molar-refractivity contribution in [2.24, 2.45) is 0 Å². The maximum atomic E-state index is 13.9. The standard InChI is InChI=1S/C16H19FN2O2/c1-20-9-8-18-11-13-5-6-16(15(17)10-13)21-12-14-4-2-3-7-19-14/h2-7,10,18H,8-9,11-12H2,1H3. The topological polar surface area (TPSA) is 43.4 Å². The van der Waals surface area contributed by atoms with Gasteiger partial charge in [0.1, 0.15) is 6.61 Å². The molecular weight excluding hydrogens is 271 g/mol. The predicted octanol–water partition coefficient (Wildman–Crippen LogP) is 2.54. The molecule has 0 atom stereocenters. The van der Waals surface area contributed by atoms with Gasteiger partial charge in [0, 0.05) is 26.4 Å². The number of halogens is 1. The van der Waals surface area contributed by atoms with Crippen LogP contribution in [0.5, 0.6) is 5.75 Å². The second-order valence-corrected chi connectivity index (χ2v) is 4.54. The molecular formula is C16H19FN2O2. The van der Waals surface area contributed by atoms with Crippen LogP contribution in [0.3, 0.4) is 0 Å². The first-order valence-electron chi connectivity index (χ1n) is 6.80. The van der Waals surface area contributed by atoms with Gasteiger partial charge in [0.25, 0.3) is 0 Å². The Morgan fingerprint density at radius 3 is 2.86 bits per heavy atom. The maximum absolute atomic E-state index is 13.9. The van der Waals surface area contributed by atoms with E-state index in [0.29, 0.717) is 13.2 Å². The van der Waals surface area contributed by atoms with Gasteiger partial charge in [-0.2, -0.15) is 0 Å². The van der Waals surface area contributed by atoms with Crippen LogP contribution in [0.1, 0.15) is 11.3 Å². The average Bonchev–Trinajstić information content (AvgIpc) is 2.52. The van der Waals surface area contributed by atoms with Gasteiger partial charge in [-0.3, -0.25) is 4.98 Å². The molecule has 4 nitrogen and oxygen atoms in total. The molecule has 0 unspecified atom stereocenters. The smallest absolute Gasteiger partial charge is 0.165 e. The highest BCUT2D eigenvalue weighted by atomic mass is 19.1. The summed E-state index contributed by atoms with van der Waals surface area (Å²) in [7, 11) is 1.65. The molecule has 112 valence electrons. The first kappa shape index (κ1) is 15.4. The number of nitrogens with zero attached hydrogens (tertiary/aromatic N) is 1. The molecule has 0 aliphatic heterocycles. The van der Waals surface area contributed by atoms with Crippen molar-refractivity contribution < 1.29 is 13.9 Å². The van der Waals surface area contributed by atoms with E-state index in [9.17, 15) is 4.39 Å². The molecule has 0 saturated carbocycles. The van der Waals surface area contributed by atoms with E-state index < -0.39 is 0 Å². The average molecular weight is 290 g/mol. The summed E-state index contributed by atoms with van der Waals surface area (Å²) >= 11 is 0. The van der Waals surface area contributed by atoms with Crippen LogP contribution in [0, 0.1) is 5.82 Å². The Morgan fingerprint density at radius 1 is 1.24 bits per heavy atom.